The Hall–Kier alpha value is -4.23. The highest BCUT2D eigenvalue weighted by Crippen LogP contribution is 2.39. The number of aliphatic hydroxyl groups excluding tert-OH is 1. The summed E-state index contributed by atoms with van der Waals surface area (Å²) in [6, 6.07) is 13.4. The average Bonchev–Trinajstić information content (AvgIpc) is 3.47. The number of rotatable bonds is 4. The Balaban J connectivity index is 1.34. The maximum absolute atomic E-state index is 12.4. The van der Waals surface area contributed by atoms with Crippen molar-refractivity contribution < 1.29 is 18.3 Å². The minimum Gasteiger partial charge on any atom is -0.487 e. The van der Waals surface area contributed by atoms with Crippen molar-refractivity contribution in [2.24, 2.45) is 0 Å². The number of aliphatic hydroxyl groups is 1. The van der Waals surface area contributed by atoms with Crippen molar-refractivity contribution in [1.29, 1.82) is 0 Å². The van der Waals surface area contributed by atoms with Gasteiger partial charge in [-0.3, -0.25) is 4.72 Å². The number of nitrogens with zero attached hydrogens (tertiary/aromatic N) is 7. The molecule has 2 aromatic carbocycles. The van der Waals surface area contributed by atoms with Gasteiger partial charge in [-0.15, -0.1) is 5.10 Å². The van der Waals surface area contributed by atoms with Gasteiger partial charge in [0, 0.05) is 44.4 Å². The molecule has 2 aromatic heterocycles. The third-order valence-corrected chi connectivity index (χ3v) is 9.46. The zero-order valence-corrected chi connectivity index (χ0v) is 24.1. The number of nitrogens with one attached hydrogen (secondary N) is 1. The fourth-order valence-electron chi connectivity index (χ4n) is 5.96. The summed E-state index contributed by atoms with van der Waals surface area (Å²) < 4.78 is 35.8. The van der Waals surface area contributed by atoms with E-state index in [-0.39, 0.29) is 11.4 Å². The van der Waals surface area contributed by atoms with Crippen LogP contribution in [-0.4, -0.2) is 76.1 Å². The number of aromatic nitrogens is 5. The highest BCUT2D eigenvalue weighted by Gasteiger charge is 2.34. The van der Waals surface area contributed by atoms with Crippen molar-refractivity contribution in [1.82, 2.24) is 25.0 Å². The van der Waals surface area contributed by atoms with Crippen molar-refractivity contribution in [3.8, 4) is 22.8 Å². The molecule has 0 spiro atoms. The lowest BCUT2D eigenvalue weighted by atomic mass is 9.92. The number of anilines is 4. The molecule has 0 aliphatic carbocycles. The molecule has 12 nitrogen and oxygen atoms in total. The minimum atomic E-state index is -3.69. The van der Waals surface area contributed by atoms with Gasteiger partial charge in [0.1, 0.15) is 17.0 Å². The standard InChI is InChI=1S/C29H32N8O4S/c1-29-9-13-35(14-10-29)27-18-21(33-42(39,40)16-15-38)4-6-26(27)37-19-24(32-34-37)23-8-11-30-28(31-23)36-12-2-3-20-17-22(41-29)5-7-25(20)36/h4-8,11,17-19,33,38H,2-3,9-10,12-16H2,1H3. The molecule has 2 N–H and O–H groups in total. The molecule has 13 heteroatoms. The smallest absolute Gasteiger partial charge is 0.234 e. The topological polar surface area (TPSA) is 139 Å². The maximum Gasteiger partial charge on any atom is 0.234 e. The van der Waals surface area contributed by atoms with Crippen LogP contribution in [0.15, 0.2) is 54.9 Å². The molecule has 0 radical (unpaired) electrons. The number of sulfonamides is 1. The molecule has 8 heterocycles. The minimum absolute atomic E-state index is 0.358. The second-order valence-corrected chi connectivity index (χ2v) is 13.1. The van der Waals surface area contributed by atoms with Gasteiger partial charge in [-0.05, 0) is 67.8 Å². The van der Waals surface area contributed by atoms with E-state index in [2.05, 4.69) is 48.9 Å². The summed E-state index contributed by atoms with van der Waals surface area (Å²) in [5.41, 5.74) is 5.19. The van der Waals surface area contributed by atoms with Crippen molar-refractivity contribution in [3.05, 3.63) is 60.4 Å². The fourth-order valence-corrected chi connectivity index (χ4v) is 6.79. The van der Waals surface area contributed by atoms with Gasteiger partial charge in [-0.25, -0.2) is 23.1 Å². The summed E-state index contributed by atoms with van der Waals surface area (Å²) in [5.74, 6) is 1.09. The molecule has 4 aromatic rings. The summed E-state index contributed by atoms with van der Waals surface area (Å²) in [7, 11) is -3.69. The maximum atomic E-state index is 12.4. The number of hydrogen-bond donors (Lipinski definition) is 2. The summed E-state index contributed by atoms with van der Waals surface area (Å²) in [6.45, 7) is 3.91. The van der Waals surface area contributed by atoms with Gasteiger partial charge in [0.05, 0.1) is 41.3 Å². The molecule has 6 aliphatic heterocycles. The first-order chi connectivity index (χ1) is 20.3. The van der Waals surface area contributed by atoms with Gasteiger partial charge in [0.25, 0.3) is 0 Å². The SMILES string of the molecule is CC12CCN(CC1)c1cc(NS(=O)(=O)CCO)ccc1-n1cc(nn1)-c1ccnc(n1)N1CCCc3cc(ccc31)O2. The van der Waals surface area contributed by atoms with Crippen LogP contribution in [0.3, 0.4) is 0 Å². The summed E-state index contributed by atoms with van der Waals surface area (Å²) >= 11 is 0. The predicted molar refractivity (Wildman–Crippen MR) is 159 cm³/mol. The van der Waals surface area contributed by atoms with Crippen LogP contribution in [0.25, 0.3) is 17.1 Å². The van der Waals surface area contributed by atoms with E-state index < -0.39 is 16.6 Å². The van der Waals surface area contributed by atoms with E-state index in [0.717, 1.165) is 55.0 Å². The second kappa shape index (κ2) is 10.2. The molecule has 0 atom stereocenters. The Morgan fingerprint density at radius 3 is 2.69 bits per heavy atom. The third-order valence-electron chi connectivity index (χ3n) is 8.19. The molecule has 0 amide bonds. The monoisotopic (exact) mass is 588 g/mol. The Morgan fingerprint density at radius 2 is 1.86 bits per heavy atom. The predicted octanol–water partition coefficient (Wildman–Crippen LogP) is 3.29. The Labute approximate surface area is 244 Å². The van der Waals surface area contributed by atoms with Crippen molar-refractivity contribution in [3.63, 3.8) is 0 Å². The second-order valence-electron chi connectivity index (χ2n) is 11.2. The van der Waals surface area contributed by atoms with E-state index in [1.807, 2.05) is 30.5 Å². The molecule has 0 unspecified atom stereocenters. The molecule has 1 fully saturated rings. The lowest BCUT2D eigenvalue weighted by Gasteiger charge is -2.41. The first kappa shape index (κ1) is 26.7. The van der Waals surface area contributed by atoms with Crippen LogP contribution in [0.4, 0.5) is 23.0 Å². The number of aryl methyl sites for hydroxylation is 1. The molecule has 218 valence electrons. The van der Waals surface area contributed by atoms with Crippen LogP contribution in [0, 0.1) is 0 Å². The summed E-state index contributed by atoms with van der Waals surface area (Å²) in [4.78, 5) is 13.8. The quantitative estimate of drug-likeness (QED) is 0.365. The van der Waals surface area contributed by atoms with Gasteiger partial charge in [0.2, 0.25) is 16.0 Å². The van der Waals surface area contributed by atoms with Crippen molar-refractivity contribution in [2.75, 3.05) is 46.5 Å². The highest BCUT2D eigenvalue weighted by molar-refractivity contribution is 7.92. The molecular weight excluding hydrogens is 556 g/mol. The molecule has 10 rings (SSSR count). The molecule has 42 heavy (non-hydrogen) atoms. The molecule has 10 bridgehead atoms. The van der Waals surface area contributed by atoms with Crippen LogP contribution >= 0.6 is 0 Å². The lowest BCUT2D eigenvalue weighted by Crippen LogP contribution is -2.46. The van der Waals surface area contributed by atoms with Gasteiger partial charge in [-0.2, -0.15) is 0 Å². The number of hydrogen-bond acceptors (Lipinski definition) is 10. The summed E-state index contributed by atoms with van der Waals surface area (Å²) in [6.07, 6.45) is 7.07. The van der Waals surface area contributed by atoms with E-state index in [4.69, 9.17) is 9.72 Å². The van der Waals surface area contributed by atoms with Gasteiger partial charge >= 0.3 is 0 Å². The Morgan fingerprint density at radius 1 is 1.02 bits per heavy atom. The Bertz CT molecular complexity index is 1750. The summed E-state index contributed by atoms with van der Waals surface area (Å²) in [5, 5.41) is 18.1. The first-order valence-corrected chi connectivity index (χ1v) is 15.8. The molecule has 6 aliphatic rings. The zero-order chi connectivity index (χ0) is 28.9. The van der Waals surface area contributed by atoms with Crippen LogP contribution in [0.5, 0.6) is 5.75 Å². The van der Waals surface area contributed by atoms with E-state index >= 15 is 0 Å². The zero-order valence-electron chi connectivity index (χ0n) is 23.3. The van der Waals surface area contributed by atoms with Crippen LogP contribution < -0.4 is 19.3 Å². The average molecular weight is 589 g/mol. The van der Waals surface area contributed by atoms with Gasteiger partial charge in [-0.1, -0.05) is 5.21 Å². The number of benzene rings is 2. The van der Waals surface area contributed by atoms with Crippen LogP contribution in [0.2, 0.25) is 0 Å². The number of piperidine rings is 1. The lowest BCUT2D eigenvalue weighted by molar-refractivity contribution is 0.0620. The van der Waals surface area contributed by atoms with Gasteiger partial charge < -0.3 is 19.6 Å². The van der Waals surface area contributed by atoms with Crippen molar-refractivity contribution in [2.45, 2.75) is 38.2 Å². The highest BCUT2D eigenvalue weighted by atomic mass is 32.2. The molecular formula is C29H32N8O4S. The first-order valence-electron chi connectivity index (χ1n) is 14.2. The Kier molecular flexibility index (Phi) is 6.50. The molecule has 0 saturated carbocycles. The largest absolute Gasteiger partial charge is 0.487 e. The van der Waals surface area contributed by atoms with E-state index in [1.54, 1.807) is 16.9 Å². The van der Waals surface area contributed by atoms with E-state index in [9.17, 15) is 13.5 Å². The third kappa shape index (κ3) is 5.02. The van der Waals surface area contributed by atoms with Crippen LogP contribution in [0.1, 0.15) is 31.7 Å². The van der Waals surface area contributed by atoms with Crippen LogP contribution in [-0.2, 0) is 16.4 Å². The number of ether oxygens (including phenoxy) is 1. The van der Waals surface area contributed by atoms with E-state index in [1.165, 1.54) is 5.56 Å². The van der Waals surface area contributed by atoms with Crippen molar-refractivity contribution >= 4 is 33.0 Å². The molecule has 1 saturated heterocycles. The normalized spacial score (nSPS) is 17.3. The van der Waals surface area contributed by atoms with Gasteiger partial charge in [0.15, 0.2) is 0 Å². The van der Waals surface area contributed by atoms with E-state index in [0.29, 0.717) is 36.1 Å². The fraction of sp³-hybridized carbons (Fsp3) is 0.379.